The van der Waals surface area contributed by atoms with Gasteiger partial charge in [0.25, 0.3) is 0 Å². The van der Waals surface area contributed by atoms with Crippen molar-refractivity contribution >= 4 is 17.7 Å². The maximum Gasteiger partial charge on any atom is 0.328 e. The van der Waals surface area contributed by atoms with Crippen LogP contribution in [0.15, 0.2) is 24.3 Å². The number of carboxylic acid groups (broad SMARTS) is 1. The highest BCUT2D eigenvalue weighted by Gasteiger charge is 1.96. The molecule has 4 N–H and O–H groups in total. The number of hydrogen-bond donors (Lipinski definition) is 3. The molecule has 0 atom stereocenters. The molecule has 0 saturated carbocycles. The average Bonchev–Trinajstić information content (AvgIpc) is 2.02. The first kappa shape index (κ1) is 9.12. The molecule has 0 aliphatic heterocycles. The summed E-state index contributed by atoms with van der Waals surface area (Å²) in [7, 11) is 0. The number of phenolic OH excluding ortho intramolecular Hbond substituents is 1. The van der Waals surface area contributed by atoms with Gasteiger partial charge in [0.15, 0.2) is 0 Å². The minimum Gasteiger partial charge on any atom is -0.508 e. The SMILES string of the molecule is Nc1cc(O)ccc1C=CC(=O)O. The van der Waals surface area contributed by atoms with E-state index >= 15 is 0 Å². The number of hydrogen-bond acceptors (Lipinski definition) is 3. The number of nitrogen functional groups attached to an aromatic ring is 1. The van der Waals surface area contributed by atoms with E-state index in [4.69, 9.17) is 15.9 Å². The number of aliphatic carboxylic acids is 1. The van der Waals surface area contributed by atoms with Crippen LogP contribution in [0.2, 0.25) is 0 Å². The normalized spacial score (nSPS) is 10.5. The first-order chi connectivity index (χ1) is 6.09. The van der Waals surface area contributed by atoms with E-state index in [1.807, 2.05) is 0 Å². The van der Waals surface area contributed by atoms with Crippen molar-refractivity contribution in [2.24, 2.45) is 0 Å². The van der Waals surface area contributed by atoms with Crippen LogP contribution in [0.3, 0.4) is 0 Å². The summed E-state index contributed by atoms with van der Waals surface area (Å²) in [6.45, 7) is 0. The zero-order valence-corrected chi connectivity index (χ0v) is 6.77. The van der Waals surface area contributed by atoms with Crippen LogP contribution < -0.4 is 5.73 Å². The molecule has 4 heteroatoms. The summed E-state index contributed by atoms with van der Waals surface area (Å²) in [5.41, 5.74) is 6.42. The van der Waals surface area contributed by atoms with Crippen molar-refractivity contribution < 1.29 is 15.0 Å². The van der Waals surface area contributed by atoms with Crippen molar-refractivity contribution in [2.75, 3.05) is 5.73 Å². The Morgan fingerprint density at radius 1 is 1.46 bits per heavy atom. The van der Waals surface area contributed by atoms with Gasteiger partial charge in [0, 0.05) is 17.8 Å². The summed E-state index contributed by atoms with van der Waals surface area (Å²) in [5.74, 6) is -0.975. The van der Waals surface area contributed by atoms with E-state index in [9.17, 15) is 4.79 Å². The minimum atomic E-state index is -1.03. The molecule has 1 aromatic carbocycles. The van der Waals surface area contributed by atoms with Gasteiger partial charge < -0.3 is 15.9 Å². The predicted molar refractivity (Wildman–Crippen MR) is 49.2 cm³/mol. The van der Waals surface area contributed by atoms with E-state index in [1.165, 1.54) is 18.2 Å². The van der Waals surface area contributed by atoms with Crippen molar-refractivity contribution in [3.8, 4) is 5.75 Å². The van der Waals surface area contributed by atoms with Gasteiger partial charge in [-0.05, 0) is 23.8 Å². The second-order valence-corrected chi connectivity index (χ2v) is 2.48. The fourth-order valence-electron chi connectivity index (χ4n) is 0.875. The molecule has 0 amide bonds. The van der Waals surface area contributed by atoms with Crippen LogP contribution in [-0.4, -0.2) is 16.2 Å². The van der Waals surface area contributed by atoms with Crippen LogP contribution in [0, 0.1) is 0 Å². The fraction of sp³-hybridized carbons (Fsp3) is 0. The highest BCUT2D eigenvalue weighted by molar-refractivity contribution is 5.86. The lowest BCUT2D eigenvalue weighted by atomic mass is 10.1. The summed E-state index contributed by atoms with van der Waals surface area (Å²) in [6.07, 6.45) is 2.36. The first-order valence-electron chi connectivity index (χ1n) is 3.59. The van der Waals surface area contributed by atoms with Gasteiger partial charge in [0.1, 0.15) is 5.75 Å². The average molecular weight is 179 g/mol. The third-order valence-electron chi connectivity index (χ3n) is 1.48. The van der Waals surface area contributed by atoms with Crippen LogP contribution in [0.4, 0.5) is 5.69 Å². The van der Waals surface area contributed by atoms with Gasteiger partial charge in [-0.2, -0.15) is 0 Å². The number of anilines is 1. The zero-order chi connectivity index (χ0) is 9.84. The Morgan fingerprint density at radius 2 is 2.15 bits per heavy atom. The number of nitrogens with two attached hydrogens (primary N) is 1. The highest BCUT2D eigenvalue weighted by atomic mass is 16.4. The van der Waals surface area contributed by atoms with E-state index in [-0.39, 0.29) is 5.75 Å². The summed E-state index contributed by atoms with van der Waals surface area (Å²) >= 11 is 0. The summed E-state index contributed by atoms with van der Waals surface area (Å²) in [5, 5.41) is 17.3. The highest BCUT2D eigenvalue weighted by Crippen LogP contribution is 2.19. The van der Waals surface area contributed by atoms with Gasteiger partial charge in [0.2, 0.25) is 0 Å². The third-order valence-corrected chi connectivity index (χ3v) is 1.48. The molecule has 1 rings (SSSR count). The largest absolute Gasteiger partial charge is 0.508 e. The molecule has 68 valence electrons. The lowest BCUT2D eigenvalue weighted by Gasteiger charge is -1.99. The first-order valence-corrected chi connectivity index (χ1v) is 3.59. The van der Waals surface area contributed by atoms with Crippen molar-refractivity contribution in [3.63, 3.8) is 0 Å². The van der Waals surface area contributed by atoms with E-state index in [0.29, 0.717) is 11.3 Å². The van der Waals surface area contributed by atoms with Crippen LogP contribution in [0.5, 0.6) is 5.75 Å². The lowest BCUT2D eigenvalue weighted by Crippen LogP contribution is -1.90. The smallest absolute Gasteiger partial charge is 0.328 e. The quantitative estimate of drug-likeness (QED) is 0.468. The molecule has 1 aromatic rings. The third kappa shape index (κ3) is 2.52. The summed E-state index contributed by atoms with van der Waals surface area (Å²) < 4.78 is 0. The van der Waals surface area contributed by atoms with Gasteiger partial charge >= 0.3 is 5.97 Å². The van der Waals surface area contributed by atoms with E-state index < -0.39 is 5.97 Å². The van der Waals surface area contributed by atoms with Gasteiger partial charge in [-0.15, -0.1) is 0 Å². The van der Waals surface area contributed by atoms with E-state index in [1.54, 1.807) is 6.07 Å². The Kier molecular flexibility index (Phi) is 2.54. The number of benzene rings is 1. The van der Waals surface area contributed by atoms with Crippen LogP contribution in [-0.2, 0) is 4.79 Å². The number of phenols is 1. The number of aromatic hydroxyl groups is 1. The van der Waals surface area contributed by atoms with Crippen molar-refractivity contribution in [1.82, 2.24) is 0 Å². The molecular weight excluding hydrogens is 170 g/mol. The molecule has 0 unspecified atom stereocenters. The molecule has 0 aliphatic carbocycles. The Hall–Kier alpha value is -1.97. The maximum absolute atomic E-state index is 10.2. The Labute approximate surface area is 74.9 Å². The van der Waals surface area contributed by atoms with Crippen molar-refractivity contribution in [2.45, 2.75) is 0 Å². The monoisotopic (exact) mass is 179 g/mol. The van der Waals surface area contributed by atoms with Gasteiger partial charge in [-0.25, -0.2) is 4.79 Å². The summed E-state index contributed by atoms with van der Waals surface area (Å²) in [6, 6.07) is 4.35. The number of carbonyl (C=O) groups is 1. The van der Waals surface area contributed by atoms with Crippen LogP contribution in [0.25, 0.3) is 6.08 Å². The molecule has 0 heterocycles. The second kappa shape index (κ2) is 3.62. The minimum absolute atomic E-state index is 0.0602. The van der Waals surface area contributed by atoms with Crippen molar-refractivity contribution in [3.05, 3.63) is 29.8 Å². The molecule has 0 aliphatic rings. The molecule has 0 bridgehead atoms. The molecule has 0 fully saturated rings. The summed E-state index contributed by atoms with van der Waals surface area (Å²) in [4.78, 5) is 10.2. The standard InChI is InChI=1S/C9H9NO3/c10-8-5-7(11)3-1-6(8)2-4-9(12)13/h1-5,11H,10H2,(H,12,13). The van der Waals surface area contributed by atoms with Gasteiger partial charge in [0.05, 0.1) is 0 Å². The molecule has 0 saturated heterocycles. The number of rotatable bonds is 2. The van der Waals surface area contributed by atoms with Crippen molar-refractivity contribution in [1.29, 1.82) is 0 Å². The van der Waals surface area contributed by atoms with Gasteiger partial charge in [-0.3, -0.25) is 0 Å². The molecule has 0 spiro atoms. The Bertz CT molecular complexity index is 358. The molecule has 0 aromatic heterocycles. The van der Waals surface area contributed by atoms with Crippen LogP contribution >= 0.6 is 0 Å². The molecule has 13 heavy (non-hydrogen) atoms. The number of carboxylic acids is 1. The Balaban J connectivity index is 2.96. The molecule has 4 nitrogen and oxygen atoms in total. The topological polar surface area (TPSA) is 83.5 Å². The van der Waals surface area contributed by atoms with E-state index in [0.717, 1.165) is 6.08 Å². The predicted octanol–water partition coefficient (Wildman–Crippen LogP) is 1.07. The second-order valence-electron chi connectivity index (χ2n) is 2.48. The lowest BCUT2D eigenvalue weighted by molar-refractivity contribution is -0.131. The molecular formula is C9H9NO3. The molecule has 0 radical (unpaired) electrons. The van der Waals surface area contributed by atoms with E-state index in [2.05, 4.69) is 0 Å². The fourth-order valence-corrected chi connectivity index (χ4v) is 0.875. The maximum atomic E-state index is 10.2. The Morgan fingerprint density at radius 3 is 2.69 bits per heavy atom. The zero-order valence-electron chi connectivity index (χ0n) is 6.77. The van der Waals surface area contributed by atoms with Gasteiger partial charge in [-0.1, -0.05) is 0 Å². The van der Waals surface area contributed by atoms with Crippen LogP contribution in [0.1, 0.15) is 5.56 Å².